The Morgan fingerprint density at radius 1 is 1.71 bits per heavy atom. The molecule has 1 N–H and O–H groups in total. The van der Waals surface area contributed by atoms with E-state index < -0.39 is 0 Å². The number of ether oxygens (including phenoxy) is 2. The third-order valence-corrected chi connectivity index (χ3v) is 2.55. The van der Waals surface area contributed by atoms with Gasteiger partial charge in [0.15, 0.2) is 0 Å². The molecule has 0 aromatic carbocycles. The molecule has 82 valence electrons. The lowest BCUT2D eigenvalue weighted by molar-refractivity contribution is -0.146. The minimum Gasteiger partial charge on any atom is -0.468 e. The van der Waals surface area contributed by atoms with Crippen molar-refractivity contribution in [3.63, 3.8) is 0 Å². The fourth-order valence-electron chi connectivity index (χ4n) is 1.82. The van der Waals surface area contributed by atoms with Crippen LogP contribution in [-0.4, -0.2) is 38.9 Å². The second-order valence-corrected chi connectivity index (χ2v) is 3.54. The molecule has 0 saturated carbocycles. The first kappa shape index (κ1) is 11.5. The summed E-state index contributed by atoms with van der Waals surface area (Å²) < 4.78 is 10.1. The smallest absolute Gasteiger partial charge is 0.323 e. The zero-order valence-corrected chi connectivity index (χ0v) is 8.91. The minimum atomic E-state index is -0.203. The number of likely N-dealkylation sites (N-methyl/N-ethyl adjacent to an activating group) is 1. The van der Waals surface area contributed by atoms with Gasteiger partial charge in [0.2, 0.25) is 0 Å². The van der Waals surface area contributed by atoms with Crippen LogP contribution in [0.15, 0.2) is 0 Å². The summed E-state index contributed by atoms with van der Waals surface area (Å²) in [5.41, 5.74) is 0. The van der Waals surface area contributed by atoms with Gasteiger partial charge in [-0.1, -0.05) is 6.92 Å². The normalized spacial score (nSPS) is 24.3. The van der Waals surface area contributed by atoms with Crippen LogP contribution in [0.4, 0.5) is 0 Å². The summed E-state index contributed by atoms with van der Waals surface area (Å²) in [7, 11) is 1.43. The van der Waals surface area contributed by atoms with Crippen molar-refractivity contribution in [1.82, 2.24) is 5.32 Å². The first-order chi connectivity index (χ1) is 6.79. The molecule has 0 aromatic rings. The molecule has 4 nitrogen and oxygen atoms in total. The van der Waals surface area contributed by atoms with Crippen molar-refractivity contribution in [2.75, 3.05) is 26.9 Å². The number of hydrogen-bond acceptors (Lipinski definition) is 4. The van der Waals surface area contributed by atoms with Crippen LogP contribution >= 0.6 is 0 Å². The molecule has 4 heteroatoms. The van der Waals surface area contributed by atoms with Gasteiger partial charge in [-0.25, -0.2) is 0 Å². The molecule has 2 atom stereocenters. The van der Waals surface area contributed by atoms with Gasteiger partial charge in [0.05, 0.1) is 13.7 Å². The number of rotatable bonds is 4. The van der Waals surface area contributed by atoms with Gasteiger partial charge in [-0.3, -0.25) is 4.79 Å². The van der Waals surface area contributed by atoms with Crippen molar-refractivity contribution in [2.24, 2.45) is 5.92 Å². The third kappa shape index (κ3) is 2.96. The summed E-state index contributed by atoms with van der Waals surface area (Å²) in [6, 6.07) is -0.203. The molecule has 1 heterocycles. The Morgan fingerprint density at radius 2 is 2.50 bits per heavy atom. The quantitative estimate of drug-likeness (QED) is 0.675. The van der Waals surface area contributed by atoms with Gasteiger partial charge < -0.3 is 14.8 Å². The monoisotopic (exact) mass is 201 g/mol. The molecule has 0 aromatic heterocycles. The maximum atomic E-state index is 11.5. The van der Waals surface area contributed by atoms with E-state index in [1.54, 1.807) is 0 Å². The predicted molar refractivity (Wildman–Crippen MR) is 53.0 cm³/mol. The summed E-state index contributed by atoms with van der Waals surface area (Å²) in [6.45, 7) is 4.24. The first-order valence-corrected chi connectivity index (χ1v) is 5.18. The lowest BCUT2D eigenvalue weighted by atomic mass is 9.94. The van der Waals surface area contributed by atoms with Crippen LogP contribution in [0.1, 0.15) is 19.8 Å². The molecule has 1 saturated heterocycles. The number of hydrogen-bond donors (Lipinski definition) is 1. The maximum absolute atomic E-state index is 11.5. The van der Waals surface area contributed by atoms with Crippen LogP contribution in [0.25, 0.3) is 0 Å². The topological polar surface area (TPSA) is 47.6 Å². The van der Waals surface area contributed by atoms with E-state index in [9.17, 15) is 4.79 Å². The molecule has 2 unspecified atom stereocenters. The Morgan fingerprint density at radius 3 is 3.00 bits per heavy atom. The Bertz CT molecular complexity index is 178. The van der Waals surface area contributed by atoms with Crippen LogP contribution in [0.2, 0.25) is 0 Å². The molecule has 1 rings (SSSR count). The van der Waals surface area contributed by atoms with Crippen LogP contribution in [0.5, 0.6) is 0 Å². The van der Waals surface area contributed by atoms with Crippen molar-refractivity contribution in [3.05, 3.63) is 0 Å². The fraction of sp³-hybridized carbons (Fsp3) is 0.900. The summed E-state index contributed by atoms with van der Waals surface area (Å²) in [4.78, 5) is 11.5. The Kier molecular flexibility index (Phi) is 4.90. The summed E-state index contributed by atoms with van der Waals surface area (Å²) in [5.74, 6) is 0.0819. The van der Waals surface area contributed by atoms with Gasteiger partial charge >= 0.3 is 5.97 Å². The molecular weight excluding hydrogens is 182 g/mol. The Balaban J connectivity index is 2.50. The van der Waals surface area contributed by atoms with Gasteiger partial charge in [0.25, 0.3) is 0 Å². The van der Waals surface area contributed by atoms with E-state index in [4.69, 9.17) is 9.47 Å². The fourth-order valence-corrected chi connectivity index (χ4v) is 1.82. The van der Waals surface area contributed by atoms with E-state index in [1.807, 2.05) is 6.92 Å². The number of methoxy groups -OCH3 is 1. The number of nitrogens with one attached hydrogen (secondary N) is 1. The molecule has 14 heavy (non-hydrogen) atoms. The highest BCUT2D eigenvalue weighted by Crippen LogP contribution is 2.18. The highest BCUT2D eigenvalue weighted by molar-refractivity contribution is 5.76. The SMILES string of the molecule is CCNC(C(=O)OC)C1CCCOC1. The standard InChI is InChI=1S/C10H19NO3/c1-3-11-9(10(12)13-2)8-5-4-6-14-7-8/h8-9,11H,3-7H2,1-2H3. The summed E-state index contributed by atoms with van der Waals surface area (Å²) in [5, 5.41) is 3.15. The van der Waals surface area contributed by atoms with Crippen molar-refractivity contribution >= 4 is 5.97 Å². The molecule has 1 aliphatic rings. The van der Waals surface area contributed by atoms with E-state index in [0.717, 1.165) is 26.0 Å². The first-order valence-electron chi connectivity index (χ1n) is 5.18. The van der Waals surface area contributed by atoms with E-state index >= 15 is 0 Å². The molecule has 0 spiro atoms. The minimum absolute atomic E-state index is 0.178. The molecule has 0 amide bonds. The number of carbonyl (C=O) groups excluding carboxylic acids is 1. The highest BCUT2D eigenvalue weighted by atomic mass is 16.5. The van der Waals surface area contributed by atoms with Crippen LogP contribution < -0.4 is 5.32 Å². The molecule has 1 fully saturated rings. The van der Waals surface area contributed by atoms with Crippen LogP contribution in [-0.2, 0) is 14.3 Å². The molecule has 1 aliphatic heterocycles. The van der Waals surface area contributed by atoms with Crippen molar-refractivity contribution < 1.29 is 14.3 Å². The number of carbonyl (C=O) groups is 1. The zero-order valence-electron chi connectivity index (χ0n) is 8.91. The lowest BCUT2D eigenvalue weighted by Gasteiger charge is -2.28. The molecular formula is C10H19NO3. The van der Waals surface area contributed by atoms with Gasteiger partial charge in [-0.15, -0.1) is 0 Å². The zero-order chi connectivity index (χ0) is 10.4. The van der Waals surface area contributed by atoms with E-state index in [0.29, 0.717) is 6.61 Å². The van der Waals surface area contributed by atoms with E-state index in [1.165, 1.54) is 7.11 Å². The average Bonchev–Trinajstić information content (AvgIpc) is 2.26. The van der Waals surface area contributed by atoms with Crippen molar-refractivity contribution in [1.29, 1.82) is 0 Å². The Labute approximate surface area is 85.0 Å². The highest BCUT2D eigenvalue weighted by Gasteiger charge is 2.29. The summed E-state index contributed by atoms with van der Waals surface area (Å²) >= 11 is 0. The van der Waals surface area contributed by atoms with Crippen molar-refractivity contribution in [3.8, 4) is 0 Å². The van der Waals surface area contributed by atoms with E-state index in [2.05, 4.69) is 5.32 Å². The lowest BCUT2D eigenvalue weighted by Crippen LogP contribution is -2.46. The average molecular weight is 201 g/mol. The maximum Gasteiger partial charge on any atom is 0.323 e. The van der Waals surface area contributed by atoms with Crippen molar-refractivity contribution in [2.45, 2.75) is 25.8 Å². The Hall–Kier alpha value is -0.610. The van der Waals surface area contributed by atoms with E-state index in [-0.39, 0.29) is 17.9 Å². The van der Waals surface area contributed by atoms with Gasteiger partial charge in [-0.05, 0) is 19.4 Å². The third-order valence-electron chi connectivity index (χ3n) is 2.55. The van der Waals surface area contributed by atoms with Gasteiger partial charge in [-0.2, -0.15) is 0 Å². The summed E-state index contributed by atoms with van der Waals surface area (Å²) in [6.07, 6.45) is 2.07. The van der Waals surface area contributed by atoms with Crippen LogP contribution in [0, 0.1) is 5.92 Å². The largest absolute Gasteiger partial charge is 0.468 e. The molecule has 0 bridgehead atoms. The second-order valence-electron chi connectivity index (χ2n) is 3.54. The molecule has 0 aliphatic carbocycles. The van der Waals surface area contributed by atoms with Gasteiger partial charge in [0.1, 0.15) is 6.04 Å². The van der Waals surface area contributed by atoms with Gasteiger partial charge in [0, 0.05) is 12.5 Å². The molecule has 0 radical (unpaired) electrons. The predicted octanol–water partition coefficient (Wildman–Crippen LogP) is 0.564. The second kappa shape index (κ2) is 5.98. The number of esters is 1. The van der Waals surface area contributed by atoms with Crippen LogP contribution in [0.3, 0.4) is 0 Å².